The fourth-order valence-corrected chi connectivity index (χ4v) is 2.87. The summed E-state index contributed by atoms with van der Waals surface area (Å²) in [6.07, 6.45) is 4.73. The average Bonchev–Trinajstić information content (AvgIpc) is 2.57. The Bertz CT molecular complexity index is 724. The molecule has 0 N–H and O–H groups in total. The number of hydrogen-bond donors (Lipinski definition) is 0. The number of ketones is 1. The number of Topliss-reactive ketones (excluding diaryl/α,β-unsaturated/α-hetero) is 1. The maximum atomic E-state index is 12.6. The van der Waals surface area contributed by atoms with Crippen molar-refractivity contribution in [1.29, 1.82) is 0 Å². The molecule has 0 saturated carbocycles. The number of carbonyl (C=O) groups excluding carboxylic acids is 1. The molecule has 0 aromatic heterocycles. The zero-order valence-corrected chi connectivity index (χ0v) is 13.1. The van der Waals surface area contributed by atoms with Gasteiger partial charge in [0.1, 0.15) is 5.75 Å². The summed E-state index contributed by atoms with van der Waals surface area (Å²) in [5, 5.41) is 0. The third-order valence-electron chi connectivity index (χ3n) is 4.24. The Hall–Kier alpha value is -2.35. The van der Waals surface area contributed by atoms with E-state index in [1.54, 1.807) is 7.11 Å². The molecule has 0 fully saturated rings. The monoisotopic (exact) mass is 292 g/mol. The highest BCUT2D eigenvalue weighted by Gasteiger charge is 2.22. The van der Waals surface area contributed by atoms with E-state index in [4.69, 9.17) is 4.74 Å². The molecular formula is C20H20O2. The van der Waals surface area contributed by atoms with Crippen molar-refractivity contribution in [3.63, 3.8) is 0 Å². The molecule has 0 unspecified atom stereocenters. The topological polar surface area (TPSA) is 26.3 Å². The first kappa shape index (κ1) is 14.6. The van der Waals surface area contributed by atoms with Gasteiger partial charge in [-0.3, -0.25) is 4.79 Å². The van der Waals surface area contributed by atoms with Crippen LogP contribution in [0.2, 0.25) is 0 Å². The van der Waals surface area contributed by atoms with Crippen molar-refractivity contribution >= 4 is 11.9 Å². The Morgan fingerprint density at radius 3 is 2.55 bits per heavy atom. The van der Waals surface area contributed by atoms with E-state index in [1.807, 2.05) is 24.3 Å². The Balaban J connectivity index is 1.89. The van der Waals surface area contributed by atoms with Crippen LogP contribution in [0.15, 0.2) is 48.0 Å². The fourth-order valence-electron chi connectivity index (χ4n) is 2.87. The van der Waals surface area contributed by atoms with Crippen molar-refractivity contribution in [3.8, 4) is 5.75 Å². The third-order valence-corrected chi connectivity index (χ3v) is 4.24. The highest BCUT2D eigenvalue weighted by Crippen LogP contribution is 2.29. The summed E-state index contributed by atoms with van der Waals surface area (Å²) in [7, 11) is 1.65. The standard InChI is InChI=1S/C20H20O2/c1-3-14-4-6-15(7-5-14)12-17-9-8-16-13-18(22-2)10-11-19(16)20(17)21/h4-7,10-13H,3,8-9H2,1-2H3. The van der Waals surface area contributed by atoms with Gasteiger partial charge in [0.15, 0.2) is 5.78 Å². The molecule has 22 heavy (non-hydrogen) atoms. The van der Waals surface area contributed by atoms with Crippen LogP contribution in [0.25, 0.3) is 6.08 Å². The number of ether oxygens (including phenoxy) is 1. The quantitative estimate of drug-likeness (QED) is 0.780. The zero-order chi connectivity index (χ0) is 15.5. The second-order valence-electron chi connectivity index (χ2n) is 5.62. The Kier molecular flexibility index (Phi) is 4.10. The number of benzene rings is 2. The van der Waals surface area contributed by atoms with Gasteiger partial charge in [-0.25, -0.2) is 0 Å². The molecule has 2 nitrogen and oxygen atoms in total. The lowest BCUT2D eigenvalue weighted by atomic mass is 9.86. The van der Waals surface area contributed by atoms with E-state index in [0.29, 0.717) is 0 Å². The number of fused-ring (bicyclic) bond motifs is 1. The second-order valence-corrected chi connectivity index (χ2v) is 5.62. The zero-order valence-electron chi connectivity index (χ0n) is 13.1. The predicted octanol–water partition coefficient (Wildman–Crippen LogP) is 4.47. The van der Waals surface area contributed by atoms with Gasteiger partial charge in [-0.1, -0.05) is 31.2 Å². The first-order valence-corrected chi connectivity index (χ1v) is 7.72. The van der Waals surface area contributed by atoms with Crippen molar-refractivity contribution in [2.24, 2.45) is 0 Å². The van der Waals surface area contributed by atoms with Crippen molar-refractivity contribution < 1.29 is 9.53 Å². The number of methoxy groups -OCH3 is 1. The molecule has 2 aromatic carbocycles. The lowest BCUT2D eigenvalue weighted by Crippen LogP contribution is -2.14. The van der Waals surface area contributed by atoms with Gasteiger partial charge in [-0.05, 0) is 60.2 Å². The molecule has 1 aliphatic carbocycles. The molecule has 1 aliphatic rings. The van der Waals surface area contributed by atoms with Gasteiger partial charge in [-0.15, -0.1) is 0 Å². The third kappa shape index (κ3) is 2.82. The van der Waals surface area contributed by atoms with Gasteiger partial charge in [0.05, 0.1) is 7.11 Å². The molecule has 0 atom stereocenters. The fraction of sp³-hybridized carbons (Fsp3) is 0.250. The Labute approximate surface area is 131 Å². The van der Waals surface area contributed by atoms with Crippen LogP contribution in [0, 0.1) is 0 Å². The molecule has 0 aliphatic heterocycles. The largest absolute Gasteiger partial charge is 0.497 e. The van der Waals surface area contributed by atoms with Crippen LogP contribution in [0.3, 0.4) is 0 Å². The van der Waals surface area contributed by atoms with Gasteiger partial charge in [-0.2, -0.15) is 0 Å². The first-order valence-electron chi connectivity index (χ1n) is 7.72. The van der Waals surface area contributed by atoms with Crippen LogP contribution in [0.4, 0.5) is 0 Å². The van der Waals surface area contributed by atoms with Crippen molar-refractivity contribution in [3.05, 3.63) is 70.3 Å². The minimum Gasteiger partial charge on any atom is -0.497 e. The molecule has 112 valence electrons. The Morgan fingerprint density at radius 2 is 1.86 bits per heavy atom. The average molecular weight is 292 g/mol. The SMILES string of the molecule is CCc1ccc(C=C2CCc3cc(OC)ccc3C2=O)cc1. The van der Waals surface area contributed by atoms with Crippen LogP contribution in [-0.2, 0) is 12.8 Å². The smallest absolute Gasteiger partial charge is 0.189 e. The Morgan fingerprint density at radius 1 is 1.09 bits per heavy atom. The van der Waals surface area contributed by atoms with Crippen LogP contribution in [0.5, 0.6) is 5.75 Å². The highest BCUT2D eigenvalue weighted by molar-refractivity contribution is 6.13. The van der Waals surface area contributed by atoms with Gasteiger partial charge >= 0.3 is 0 Å². The normalized spacial score (nSPS) is 15.7. The summed E-state index contributed by atoms with van der Waals surface area (Å²) in [4.78, 5) is 12.6. The lowest BCUT2D eigenvalue weighted by Gasteiger charge is -2.18. The second kappa shape index (κ2) is 6.18. The molecule has 2 aromatic rings. The summed E-state index contributed by atoms with van der Waals surface area (Å²) < 4.78 is 5.23. The van der Waals surface area contributed by atoms with Crippen molar-refractivity contribution in [1.82, 2.24) is 0 Å². The van der Waals surface area contributed by atoms with Crippen molar-refractivity contribution in [2.75, 3.05) is 7.11 Å². The molecular weight excluding hydrogens is 272 g/mol. The molecule has 0 amide bonds. The summed E-state index contributed by atoms with van der Waals surface area (Å²) >= 11 is 0. The summed E-state index contributed by atoms with van der Waals surface area (Å²) in [6, 6.07) is 14.1. The molecule has 3 rings (SSSR count). The first-order chi connectivity index (χ1) is 10.7. The number of allylic oxidation sites excluding steroid dienone is 1. The molecule has 0 radical (unpaired) electrons. The molecule has 0 spiro atoms. The maximum Gasteiger partial charge on any atom is 0.189 e. The lowest BCUT2D eigenvalue weighted by molar-refractivity contribution is 0.102. The minimum absolute atomic E-state index is 0.142. The van der Waals surface area contributed by atoms with E-state index in [1.165, 1.54) is 5.56 Å². The minimum atomic E-state index is 0.142. The van der Waals surface area contributed by atoms with Crippen LogP contribution >= 0.6 is 0 Å². The van der Waals surface area contributed by atoms with Crippen LogP contribution < -0.4 is 4.74 Å². The molecule has 0 bridgehead atoms. The number of aryl methyl sites for hydroxylation is 2. The van der Waals surface area contributed by atoms with Gasteiger partial charge in [0.2, 0.25) is 0 Å². The van der Waals surface area contributed by atoms with Gasteiger partial charge in [0, 0.05) is 11.1 Å². The van der Waals surface area contributed by atoms with E-state index in [2.05, 4.69) is 31.2 Å². The summed E-state index contributed by atoms with van der Waals surface area (Å²) in [6.45, 7) is 2.14. The summed E-state index contributed by atoms with van der Waals surface area (Å²) in [5.74, 6) is 0.956. The van der Waals surface area contributed by atoms with E-state index >= 15 is 0 Å². The van der Waals surface area contributed by atoms with Crippen LogP contribution in [-0.4, -0.2) is 12.9 Å². The summed E-state index contributed by atoms with van der Waals surface area (Å²) in [5.41, 5.74) is 5.19. The predicted molar refractivity (Wildman–Crippen MR) is 89.4 cm³/mol. The van der Waals surface area contributed by atoms with E-state index in [0.717, 1.165) is 47.3 Å². The van der Waals surface area contributed by atoms with Gasteiger partial charge < -0.3 is 4.74 Å². The molecule has 0 saturated heterocycles. The van der Waals surface area contributed by atoms with E-state index in [9.17, 15) is 4.79 Å². The van der Waals surface area contributed by atoms with E-state index in [-0.39, 0.29) is 5.78 Å². The van der Waals surface area contributed by atoms with Crippen LogP contribution in [0.1, 0.15) is 40.4 Å². The molecule has 0 heterocycles. The maximum absolute atomic E-state index is 12.6. The molecule has 2 heteroatoms. The van der Waals surface area contributed by atoms with Gasteiger partial charge in [0.25, 0.3) is 0 Å². The highest BCUT2D eigenvalue weighted by atomic mass is 16.5. The number of rotatable bonds is 3. The van der Waals surface area contributed by atoms with Crippen molar-refractivity contribution in [2.45, 2.75) is 26.2 Å². The number of carbonyl (C=O) groups is 1. The van der Waals surface area contributed by atoms with E-state index < -0.39 is 0 Å². The number of hydrogen-bond acceptors (Lipinski definition) is 2.